The van der Waals surface area contributed by atoms with Crippen molar-refractivity contribution in [3.63, 3.8) is 0 Å². The van der Waals surface area contributed by atoms with E-state index in [2.05, 4.69) is 25.7 Å². The number of hydrogen-bond acceptors (Lipinski definition) is 7. The normalized spacial score (nSPS) is 20.1. The Balaban J connectivity index is 1.62. The van der Waals surface area contributed by atoms with Crippen molar-refractivity contribution in [2.75, 3.05) is 23.8 Å². The zero-order chi connectivity index (χ0) is 19.0. The van der Waals surface area contributed by atoms with Crippen LogP contribution in [0.3, 0.4) is 0 Å². The maximum atomic E-state index is 13.1. The highest BCUT2D eigenvalue weighted by Gasteiger charge is 2.36. The number of halogens is 3. The summed E-state index contributed by atoms with van der Waals surface area (Å²) in [6, 6.07) is 0. The molecule has 1 saturated carbocycles. The highest BCUT2D eigenvalue weighted by Crippen LogP contribution is 2.45. The van der Waals surface area contributed by atoms with Crippen LogP contribution in [0.25, 0.3) is 0 Å². The summed E-state index contributed by atoms with van der Waals surface area (Å²) in [6.45, 7) is 2.71. The molecule has 0 bridgehead atoms. The van der Waals surface area contributed by atoms with E-state index in [4.69, 9.17) is 4.18 Å². The molecule has 11 heteroatoms. The molecule has 0 spiro atoms. The molecule has 2 fully saturated rings. The van der Waals surface area contributed by atoms with E-state index in [0.29, 0.717) is 19.1 Å². The zero-order valence-corrected chi connectivity index (χ0v) is 15.4. The van der Waals surface area contributed by atoms with Crippen molar-refractivity contribution in [1.29, 1.82) is 0 Å². The van der Waals surface area contributed by atoms with Crippen LogP contribution in [0.15, 0.2) is 12.4 Å². The van der Waals surface area contributed by atoms with Crippen LogP contribution in [0, 0.1) is 0 Å². The topological polar surface area (TPSA) is 76.9 Å². The lowest BCUT2D eigenvalue weighted by molar-refractivity contribution is -0.137. The van der Waals surface area contributed by atoms with Crippen LogP contribution < -0.4 is 10.6 Å². The van der Waals surface area contributed by atoms with Crippen LogP contribution in [-0.4, -0.2) is 32.9 Å². The third-order valence-electron chi connectivity index (χ3n) is 4.33. The molecule has 4 rings (SSSR count). The molecule has 0 aromatic carbocycles. The first-order valence-electron chi connectivity index (χ1n) is 8.78. The Bertz CT molecular complexity index is 817. The number of aromatic nitrogens is 4. The van der Waals surface area contributed by atoms with Gasteiger partial charge in [0.25, 0.3) is 0 Å². The number of alkyl halides is 3. The molecule has 27 heavy (non-hydrogen) atoms. The molecular weight excluding hydrogens is 381 g/mol. The van der Waals surface area contributed by atoms with E-state index >= 15 is 0 Å². The Labute approximate surface area is 158 Å². The second kappa shape index (κ2) is 7.19. The quantitative estimate of drug-likeness (QED) is 0.700. The molecule has 3 heterocycles. The van der Waals surface area contributed by atoms with Crippen molar-refractivity contribution in [3.05, 3.63) is 23.7 Å². The molecule has 2 N–H and O–H groups in total. The smallest absolute Gasteiger partial charge is 0.370 e. The maximum Gasteiger partial charge on any atom is 0.421 e. The lowest BCUT2D eigenvalue weighted by atomic mass is 10.2. The monoisotopic (exact) mass is 400 g/mol. The SMILES string of the molecule is CCNc1nc(Nc2cn(C3CCOS3)nc2C2CC2)ncc1C(F)(F)F. The summed E-state index contributed by atoms with van der Waals surface area (Å²) < 4.78 is 46.5. The second-order valence-electron chi connectivity index (χ2n) is 6.45. The summed E-state index contributed by atoms with van der Waals surface area (Å²) in [4.78, 5) is 7.89. The van der Waals surface area contributed by atoms with E-state index < -0.39 is 11.7 Å². The molecule has 0 amide bonds. The van der Waals surface area contributed by atoms with E-state index in [0.717, 1.165) is 36.8 Å². The molecule has 1 unspecified atom stereocenters. The number of nitrogens with zero attached hydrogens (tertiary/aromatic N) is 4. The maximum absolute atomic E-state index is 13.1. The molecule has 1 aliphatic heterocycles. The first kappa shape index (κ1) is 18.4. The van der Waals surface area contributed by atoms with Gasteiger partial charge < -0.3 is 14.8 Å². The molecule has 1 atom stereocenters. The van der Waals surface area contributed by atoms with Gasteiger partial charge in [0.05, 0.1) is 24.2 Å². The summed E-state index contributed by atoms with van der Waals surface area (Å²) in [5, 5.41) is 10.5. The third-order valence-corrected chi connectivity index (χ3v) is 5.31. The molecule has 0 radical (unpaired) electrons. The lowest BCUT2D eigenvalue weighted by Crippen LogP contribution is -2.14. The Morgan fingerprint density at radius 3 is 2.78 bits per heavy atom. The number of nitrogens with one attached hydrogen (secondary N) is 2. The fourth-order valence-corrected chi connectivity index (χ4v) is 3.62. The highest BCUT2D eigenvalue weighted by atomic mass is 32.2. The highest BCUT2D eigenvalue weighted by molar-refractivity contribution is 7.94. The molecular formula is C16H19F3N6OS. The molecule has 2 aromatic heterocycles. The Morgan fingerprint density at radius 1 is 1.33 bits per heavy atom. The Kier molecular flexibility index (Phi) is 4.89. The van der Waals surface area contributed by atoms with E-state index in [1.165, 1.54) is 12.0 Å². The molecule has 2 aromatic rings. The lowest BCUT2D eigenvalue weighted by Gasteiger charge is -2.13. The van der Waals surface area contributed by atoms with Crippen LogP contribution in [0.4, 0.5) is 30.6 Å². The van der Waals surface area contributed by atoms with Crippen LogP contribution in [-0.2, 0) is 10.4 Å². The van der Waals surface area contributed by atoms with Gasteiger partial charge in [-0.25, -0.2) is 4.98 Å². The van der Waals surface area contributed by atoms with Gasteiger partial charge in [-0.05, 0) is 19.8 Å². The number of anilines is 3. The summed E-state index contributed by atoms with van der Waals surface area (Å²) in [5.41, 5.74) is 0.746. The van der Waals surface area contributed by atoms with Crippen LogP contribution >= 0.6 is 12.0 Å². The van der Waals surface area contributed by atoms with E-state index in [1.54, 1.807) is 6.92 Å². The summed E-state index contributed by atoms with van der Waals surface area (Å²) in [7, 11) is 0. The number of hydrogen-bond donors (Lipinski definition) is 2. The fourth-order valence-electron chi connectivity index (χ4n) is 2.88. The first-order chi connectivity index (χ1) is 13.0. The average Bonchev–Trinajstić information content (AvgIpc) is 3.14. The average molecular weight is 400 g/mol. The van der Waals surface area contributed by atoms with Gasteiger partial charge >= 0.3 is 6.18 Å². The van der Waals surface area contributed by atoms with E-state index in [-0.39, 0.29) is 17.1 Å². The third kappa shape index (κ3) is 3.98. The fraction of sp³-hybridized carbons (Fsp3) is 0.562. The molecule has 146 valence electrons. The molecule has 1 aliphatic carbocycles. The van der Waals surface area contributed by atoms with Gasteiger partial charge in [0.1, 0.15) is 16.8 Å². The Hall–Kier alpha value is -2.01. The van der Waals surface area contributed by atoms with Gasteiger partial charge in [-0.1, -0.05) is 0 Å². The van der Waals surface area contributed by atoms with Gasteiger partial charge in [0.2, 0.25) is 5.95 Å². The minimum Gasteiger partial charge on any atom is -0.370 e. The van der Waals surface area contributed by atoms with Crippen molar-refractivity contribution in [1.82, 2.24) is 19.7 Å². The van der Waals surface area contributed by atoms with Crippen molar-refractivity contribution in [2.24, 2.45) is 0 Å². The van der Waals surface area contributed by atoms with Gasteiger partial charge in [-0.3, -0.25) is 4.68 Å². The minimum absolute atomic E-state index is 0.101. The zero-order valence-electron chi connectivity index (χ0n) is 14.6. The Morgan fingerprint density at radius 2 is 2.15 bits per heavy atom. The summed E-state index contributed by atoms with van der Waals surface area (Å²) in [6.07, 6.45) is 1.10. The van der Waals surface area contributed by atoms with Gasteiger partial charge in [0.15, 0.2) is 0 Å². The minimum atomic E-state index is -4.51. The van der Waals surface area contributed by atoms with Gasteiger partial charge in [0, 0.05) is 37.1 Å². The van der Waals surface area contributed by atoms with Crippen molar-refractivity contribution in [3.8, 4) is 0 Å². The van der Waals surface area contributed by atoms with Crippen LogP contribution in [0.5, 0.6) is 0 Å². The van der Waals surface area contributed by atoms with Gasteiger partial charge in [-0.15, -0.1) is 0 Å². The van der Waals surface area contributed by atoms with Gasteiger partial charge in [-0.2, -0.15) is 23.3 Å². The predicted octanol–water partition coefficient (Wildman–Crippen LogP) is 4.31. The molecule has 2 aliphatic rings. The summed E-state index contributed by atoms with van der Waals surface area (Å²) in [5.74, 6) is 0.238. The van der Waals surface area contributed by atoms with Crippen molar-refractivity contribution in [2.45, 2.75) is 43.7 Å². The van der Waals surface area contributed by atoms with E-state index in [9.17, 15) is 13.2 Å². The predicted molar refractivity (Wildman–Crippen MR) is 95.9 cm³/mol. The molecule has 1 saturated heterocycles. The van der Waals surface area contributed by atoms with Crippen LogP contribution in [0.1, 0.15) is 48.7 Å². The number of rotatable bonds is 6. The van der Waals surface area contributed by atoms with E-state index in [1.807, 2.05) is 10.9 Å². The van der Waals surface area contributed by atoms with Crippen molar-refractivity contribution < 1.29 is 17.4 Å². The first-order valence-corrected chi connectivity index (χ1v) is 9.58. The summed E-state index contributed by atoms with van der Waals surface area (Å²) >= 11 is 1.38. The van der Waals surface area contributed by atoms with Crippen LogP contribution in [0.2, 0.25) is 0 Å². The molecule has 7 nitrogen and oxygen atoms in total. The van der Waals surface area contributed by atoms with Crippen molar-refractivity contribution >= 4 is 29.5 Å². The largest absolute Gasteiger partial charge is 0.421 e. The second-order valence-corrected chi connectivity index (χ2v) is 7.43. The standard InChI is InChI=1S/C16H19F3N6OS/c1-2-20-14-10(16(17,18)19)7-21-15(23-14)22-11-8-25(12-5-6-26-27-12)24-13(11)9-3-4-9/h7-9,12H,2-6H2,1H3,(H2,20,21,22,23).